The molecule has 1 heterocycles. The zero-order valence-electron chi connectivity index (χ0n) is 19.2. The second kappa shape index (κ2) is 10.0. The zero-order valence-corrected chi connectivity index (χ0v) is 19.2. The van der Waals surface area contributed by atoms with Gasteiger partial charge in [0, 0.05) is 25.4 Å². The van der Waals surface area contributed by atoms with Crippen LogP contribution in [0.15, 0.2) is 5.16 Å². The highest BCUT2D eigenvalue weighted by Gasteiger charge is 2.45. The van der Waals surface area contributed by atoms with Gasteiger partial charge in [-0.2, -0.15) is 0 Å². The fourth-order valence-electron chi connectivity index (χ4n) is 4.50. The lowest BCUT2D eigenvalue weighted by atomic mass is 9.71. The van der Waals surface area contributed by atoms with Crippen molar-refractivity contribution in [2.24, 2.45) is 28.8 Å². The number of oxime groups is 1. The molecule has 0 aliphatic carbocycles. The van der Waals surface area contributed by atoms with Gasteiger partial charge in [-0.3, -0.25) is 9.59 Å². The van der Waals surface area contributed by atoms with Crippen LogP contribution in [0.2, 0.25) is 0 Å². The quantitative estimate of drug-likeness (QED) is 0.310. The molecule has 2 N–H and O–H groups in total. The van der Waals surface area contributed by atoms with Gasteiger partial charge < -0.3 is 19.8 Å². The first kappa shape index (κ1) is 25.6. The molecule has 0 aromatic rings. The van der Waals surface area contributed by atoms with Crippen LogP contribution in [0.5, 0.6) is 0 Å². The van der Waals surface area contributed by atoms with Gasteiger partial charge in [0.05, 0.1) is 11.3 Å². The molecule has 0 aromatic heterocycles. The first-order chi connectivity index (χ1) is 13.3. The highest BCUT2D eigenvalue weighted by molar-refractivity contribution is 5.95. The zero-order chi connectivity index (χ0) is 22.6. The van der Waals surface area contributed by atoms with Crippen LogP contribution in [0.1, 0.15) is 74.1 Å². The maximum Gasteiger partial charge on any atom is 0.313 e. The minimum Gasteiger partial charge on any atom is -0.459 e. The summed E-state index contributed by atoms with van der Waals surface area (Å²) >= 11 is 0. The van der Waals surface area contributed by atoms with E-state index in [4.69, 9.17) is 9.47 Å². The minimum atomic E-state index is -1.36. The Kier molecular flexibility index (Phi) is 8.84. The van der Waals surface area contributed by atoms with E-state index in [1.54, 1.807) is 14.0 Å². The molecule has 0 saturated carbocycles. The Labute approximate surface area is 174 Å². The van der Waals surface area contributed by atoms with Crippen molar-refractivity contribution in [3.05, 3.63) is 0 Å². The van der Waals surface area contributed by atoms with E-state index in [-0.39, 0.29) is 42.3 Å². The molecular formula is C22H39NO6. The number of carbonyl (C=O) groups is 2. The summed E-state index contributed by atoms with van der Waals surface area (Å²) in [6.07, 6.45) is 0.0397. The van der Waals surface area contributed by atoms with Gasteiger partial charge in [0.2, 0.25) is 0 Å². The number of carbonyl (C=O) groups excluding carboxylic acids is 2. The maximum atomic E-state index is 12.5. The van der Waals surface area contributed by atoms with Crippen LogP contribution in [-0.4, -0.2) is 52.2 Å². The van der Waals surface area contributed by atoms with Gasteiger partial charge in [-0.25, -0.2) is 0 Å². The third-order valence-corrected chi connectivity index (χ3v) is 7.15. The predicted octanol–water partition coefficient (Wildman–Crippen LogP) is 3.59. The molecule has 7 heteroatoms. The average molecular weight is 414 g/mol. The van der Waals surface area contributed by atoms with Gasteiger partial charge >= 0.3 is 5.97 Å². The number of hydrogen-bond acceptors (Lipinski definition) is 7. The average Bonchev–Trinajstić information content (AvgIpc) is 2.64. The van der Waals surface area contributed by atoms with E-state index >= 15 is 0 Å². The maximum absolute atomic E-state index is 12.5. The summed E-state index contributed by atoms with van der Waals surface area (Å²) in [5.41, 5.74) is -1.45. The van der Waals surface area contributed by atoms with E-state index in [0.717, 1.165) is 0 Å². The summed E-state index contributed by atoms with van der Waals surface area (Å²) in [5.74, 6) is -1.76. The smallest absolute Gasteiger partial charge is 0.313 e. The molecule has 29 heavy (non-hydrogen) atoms. The molecule has 1 saturated heterocycles. The molecule has 2 unspecified atom stereocenters. The topological polar surface area (TPSA) is 105 Å². The highest BCUT2D eigenvalue weighted by atomic mass is 16.6. The molecule has 1 rings (SSSR count). The Morgan fingerprint density at radius 3 is 2.28 bits per heavy atom. The summed E-state index contributed by atoms with van der Waals surface area (Å²) in [5, 5.41) is 24.6. The Balaban J connectivity index is 3.40. The Morgan fingerprint density at radius 1 is 1.21 bits per heavy atom. The molecular weight excluding hydrogens is 374 g/mol. The first-order valence-corrected chi connectivity index (χ1v) is 10.5. The lowest BCUT2D eigenvalue weighted by Crippen LogP contribution is -2.51. The summed E-state index contributed by atoms with van der Waals surface area (Å²) in [7, 11) is 1.60. The van der Waals surface area contributed by atoms with E-state index < -0.39 is 23.3 Å². The Bertz CT molecular complexity index is 616. The first-order valence-electron chi connectivity index (χ1n) is 10.5. The molecule has 168 valence electrons. The molecule has 0 radical (unpaired) electrons. The van der Waals surface area contributed by atoms with Gasteiger partial charge in [-0.15, -0.1) is 0 Å². The second-order valence-electron chi connectivity index (χ2n) is 9.16. The van der Waals surface area contributed by atoms with Crippen molar-refractivity contribution in [2.45, 2.75) is 91.5 Å². The van der Waals surface area contributed by atoms with E-state index in [1.165, 1.54) is 0 Å². The van der Waals surface area contributed by atoms with Crippen LogP contribution in [0.4, 0.5) is 0 Å². The molecule has 0 aromatic carbocycles. The number of cyclic esters (lactones) is 1. The van der Waals surface area contributed by atoms with Crippen molar-refractivity contribution in [1.82, 2.24) is 0 Å². The SMILES string of the molecule is CC[C@H]1OC(=O)CC(=O)C[C@@H](C)[C@](C)(OC)C[C@@H](C)/C(=N\O)C(C)C(C)[C@]1(C)O. The van der Waals surface area contributed by atoms with Crippen molar-refractivity contribution >= 4 is 17.5 Å². The third kappa shape index (κ3) is 5.79. The van der Waals surface area contributed by atoms with Crippen LogP contribution >= 0.6 is 0 Å². The van der Waals surface area contributed by atoms with Crippen LogP contribution in [0.3, 0.4) is 0 Å². The molecule has 0 bridgehead atoms. The van der Waals surface area contributed by atoms with Crippen molar-refractivity contribution in [2.75, 3.05) is 7.11 Å². The van der Waals surface area contributed by atoms with E-state index in [0.29, 0.717) is 18.6 Å². The van der Waals surface area contributed by atoms with E-state index in [2.05, 4.69) is 5.16 Å². The van der Waals surface area contributed by atoms with E-state index in [1.807, 2.05) is 41.5 Å². The normalized spacial score (nSPS) is 42.4. The number of hydrogen-bond donors (Lipinski definition) is 2. The number of rotatable bonds is 2. The summed E-state index contributed by atoms with van der Waals surface area (Å²) < 4.78 is 11.3. The standard InChI is InChI=1S/C22H39NO6/c1-9-18-22(7,26)16(5)15(4)20(23-27)13(2)12-21(6,28-8)14(3)10-17(24)11-19(25)29-18/h13-16,18,26-27H,9-12H2,1-8H3/b23-20+/t13-,14-,15?,16?,18-,21-,22+/m1/s1. The number of Topliss-reactive ketones (excluding diaryl/α,β-unsaturated/α-hetero) is 1. The fraction of sp³-hybridized carbons (Fsp3) is 0.864. The van der Waals surface area contributed by atoms with Crippen molar-refractivity contribution in [3.8, 4) is 0 Å². The van der Waals surface area contributed by atoms with Crippen LogP contribution in [-0.2, 0) is 19.1 Å². The molecule has 1 aliphatic rings. The molecule has 7 atom stereocenters. The molecule has 7 nitrogen and oxygen atoms in total. The van der Waals surface area contributed by atoms with Crippen LogP contribution in [0.25, 0.3) is 0 Å². The van der Waals surface area contributed by atoms with Gasteiger partial charge in [0.1, 0.15) is 23.9 Å². The van der Waals surface area contributed by atoms with E-state index in [9.17, 15) is 19.9 Å². The third-order valence-electron chi connectivity index (χ3n) is 7.15. The van der Waals surface area contributed by atoms with Crippen molar-refractivity contribution in [1.29, 1.82) is 0 Å². The second-order valence-corrected chi connectivity index (χ2v) is 9.16. The van der Waals surface area contributed by atoms with Crippen LogP contribution < -0.4 is 0 Å². The lowest BCUT2D eigenvalue weighted by molar-refractivity contribution is -0.172. The fourth-order valence-corrected chi connectivity index (χ4v) is 4.50. The monoisotopic (exact) mass is 413 g/mol. The number of aliphatic hydroxyl groups is 1. The minimum absolute atomic E-state index is 0.138. The number of methoxy groups -OCH3 is 1. The number of esters is 1. The predicted molar refractivity (Wildman–Crippen MR) is 111 cm³/mol. The molecule has 1 fully saturated rings. The van der Waals surface area contributed by atoms with Crippen LogP contribution in [0, 0.1) is 23.7 Å². The van der Waals surface area contributed by atoms with Crippen molar-refractivity contribution < 1.29 is 29.4 Å². The Morgan fingerprint density at radius 2 is 1.79 bits per heavy atom. The largest absolute Gasteiger partial charge is 0.459 e. The van der Waals surface area contributed by atoms with Gasteiger partial charge in [0.25, 0.3) is 0 Å². The Hall–Kier alpha value is -1.47. The van der Waals surface area contributed by atoms with Gasteiger partial charge in [0.15, 0.2) is 0 Å². The molecule has 0 spiro atoms. The summed E-state index contributed by atoms with van der Waals surface area (Å²) in [6, 6.07) is 0. The summed E-state index contributed by atoms with van der Waals surface area (Å²) in [4.78, 5) is 24.8. The van der Waals surface area contributed by atoms with Crippen molar-refractivity contribution in [3.63, 3.8) is 0 Å². The summed E-state index contributed by atoms with van der Waals surface area (Å²) in [6.45, 7) is 13.0. The number of ether oxygens (including phenoxy) is 2. The van der Waals surface area contributed by atoms with Gasteiger partial charge in [-0.1, -0.05) is 39.8 Å². The lowest BCUT2D eigenvalue weighted by Gasteiger charge is -2.42. The number of nitrogens with zero attached hydrogens (tertiary/aromatic N) is 1. The molecule has 1 aliphatic heterocycles. The number of ketones is 1. The molecule has 0 amide bonds. The highest BCUT2D eigenvalue weighted by Crippen LogP contribution is 2.37. The van der Waals surface area contributed by atoms with Gasteiger partial charge in [-0.05, 0) is 38.5 Å².